The molecule has 2 aliphatic heterocycles. The molecule has 0 radical (unpaired) electrons. The van der Waals surface area contributed by atoms with Gasteiger partial charge < -0.3 is 19.4 Å². The molecule has 1 atom stereocenters. The average Bonchev–Trinajstić information content (AvgIpc) is 3.22. The Morgan fingerprint density at radius 1 is 0.957 bits per heavy atom. The molecule has 2 N–H and O–H groups in total. The summed E-state index contributed by atoms with van der Waals surface area (Å²) in [7, 11) is 0. The first-order chi connectivity index (χ1) is 11.4. The molecule has 0 fully saturated rings. The van der Waals surface area contributed by atoms with E-state index >= 15 is 0 Å². The first-order valence-electron chi connectivity index (χ1n) is 7.88. The van der Waals surface area contributed by atoms with Gasteiger partial charge in [0, 0.05) is 17.3 Å². The van der Waals surface area contributed by atoms with Gasteiger partial charge in [-0.2, -0.15) is 0 Å². The van der Waals surface area contributed by atoms with E-state index in [1.54, 1.807) is 0 Å². The van der Waals surface area contributed by atoms with Crippen molar-refractivity contribution >= 4 is 0 Å². The Kier molecular flexibility index (Phi) is 2.72. The highest BCUT2D eigenvalue weighted by atomic mass is 16.7. The van der Waals surface area contributed by atoms with Gasteiger partial charge in [0.2, 0.25) is 6.79 Å². The maximum absolute atomic E-state index is 5.55. The maximum Gasteiger partial charge on any atom is 0.231 e. The number of nitrogens with two attached hydrogens (primary N) is 1. The van der Waals surface area contributed by atoms with Crippen molar-refractivity contribution in [3.63, 3.8) is 0 Å². The van der Waals surface area contributed by atoms with Crippen molar-refractivity contribution in [2.45, 2.75) is 12.6 Å². The Labute approximate surface area is 134 Å². The minimum Gasteiger partial charge on any atom is -0.454 e. The van der Waals surface area contributed by atoms with Gasteiger partial charge in [-0.15, -0.1) is 0 Å². The molecule has 0 saturated heterocycles. The summed E-state index contributed by atoms with van der Waals surface area (Å²) in [6, 6.07) is 19.4. The predicted octanol–water partition coefficient (Wildman–Crippen LogP) is 2.37. The van der Waals surface area contributed by atoms with Gasteiger partial charge in [0.05, 0.1) is 11.4 Å². The molecule has 0 saturated carbocycles. The zero-order valence-electron chi connectivity index (χ0n) is 12.6. The van der Waals surface area contributed by atoms with Crippen LogP contribution in [0.25, 0.3) is 5.69 Å². The van der Waals surface area contributed by atoms with E-state index in [1.807, 2.05) is 6.07 Å². The fourth-order valence-electron chi connectivity index (χ4n) is 3.56. The molecule has 0 amide bonds. The highest BCUT2D eigenvalue weighted by Crippen LogP contribution is 2.35. The smallest absolute Gasteiger partial charge is 0.231 e. The third kappa shape index (κ3) is 1.95. The second-order valence-corrected chi connectivity index (χ2v) is 5.96. The minimum atomic E-state index is 0.242. The fraction of sp³-hybridized carbons (Fsp3) is 0.158. The summed E-state index contributed by atoms with van der Waals surface area (Å²) in [6.07, 6.45) is 2.15. The van der Waals surface area contributed by atoms with Gasteiger partial charge in [-0.3, -0.25) is 0 Å². The summed E-state index contributed by atoms with van der Waals surface area (Å²) >= 11 is 0. The van der Waals surface area contributed by atoms with Crippen LogP contribution in [-0.4, -0.2) is 11.4 Å². The summed E-state index contributed by atoms with van der Waals surface area (Å²) < 4.78 is 13.3. The Morgan fingerprint density at radius 3 is 2.87 bits per heavy atom. The van der Waals surface area contributed by atoms with Gasteiger partial charge >= 0.3 is 0 Å². The van der Waals surface area contributed by atoms with E-state index in [0.717, 1.165) is 18.0 Å². The molecule has 0 aliphatic carbocycles. The molecule has 2 aliphatic rings. The van der Waals surface area contributed by atoms with E-state index in [-0.39, 0.29) is 6.04 Å². The van der Waals surface area contributed by atoms with Crippen LogP contribution in [0.15, 0.2) is 60.8 Å². The van der Waals surface area contributed by atoms with Crippen LogP contribution in [0.4, 0.5) is 0 Å². The Morgan fingerprint density at radius 2 is 1.87 bits per heavy atom. The molecule has 3 aromatic rings. The standard InChI is InChI=1S/C19H16N2O2/c1-2-5-15-14(4-1)11-20-19(16-6-3-9-21(15)16)13-7-8-17-18(10-13)23-12-22-17/h1-10,19-20H,11-12H2/p+1/t19-/m0/s1. The summed E-state index contributed by atoms with van der Waals surface area (Å²) in [5.41, 5.74) is 5.15. The van der Waals surface area contributed by atoms with Crippen molar-refractivity contribution in [2.75, 3.05) is 6.79 Å². The quantitative estimate of drug-likeness (QED) is 0.750. The third-order valence-corrected chi connectivity index (χ3v) is 4.68. The molecule has 5 rings (SSSR count). The lowest BCUT2D eigenvalue weighted by Crippen LogP contribution is -2.83. The SMILES string of the molecule is c1ccc2c(c1)C[NH2+][C@@H](c1ccc3c(c1)OCO3)c1cccn1-2. The number of quaternary nitrogens is 1. The fourth-order valence-corrected chi connectivity index (χ4v) is 3.56. The van der Waals surface area contributed by atoms with E-state index in [9.17, 15) is 0 Å². The number of aromatic nitrogens is 1. The molecule has 0 bridgehead atoms. The van der Waals surface area contributed by atoms with E-state index in [2.05, 4.69) is 64.6 Å². The second kappa shape index (κ2) is 4.89. The highest BCUT2D eigenvalue weighted by molar-refractivity contribution is 5.48. The number of hydrogen-bond donors (Lipinski definition) is 1. The van der Waals surface area contributed by atoms with Crippen LogP contribution in [0.3, 0.4) is 0 Å². The van der Waals surface area contributed by atoms with Gasteiger partial charge in [0.15, 0.2) is 17.5 Å². The van der Waals surface area contributed by atoms with Crippen molar-refractivity contribution in [1.82, 2.24) is 4.57 Å². The van der Waals surface area contributed by atoms with E-state index in [0.29, 0.717) is 6.79 Å². The van der Waals surface area contributed by atoms with Crippen LogP contribution >= 0.6 is 0 Å². The van der Waals surface area contributed by atoms with Crippen molar-refractivity contribution in [1.29, 1.82) is 0 Å². The number of ether oxygens (including phenoxy) is 2. The number of nitrogens with zero attached hydrogens (tertiary/aromatic N) is 1. The third-order valence-electron chi connectivity index (χ3n) is 4.68. The summed E-state index contributed by atoms with van der Waals surface area (Å²) in [6.45, 7) is 1.27. The topological polar surface area (TPSA) is 40.0 Å². The lowest BCUT2D eigenvalue weighted by atomic mass is 10.0. The van der Waals surface area contributed by atoms with Crippen molar-refractivity contribution in [3.05, 3.63) is 77.6 Å². The van der Waals surface area contributed by atoms with Crippen LogP contribution in [0, 0.1) is 0 Å². The van der Waals surface area contributed by atoms with E-state index < -0.39 is 0 Å². The number of benzene rings is 2. The Bertz CT molecular complexity index is 885. The Balaban J connectivity index is 1.63. The zero-order chi connectivity index (χ0) is 15.2. The molecule has 2 aromatic carbocycles. The normalized spacial score (nSPS) is 18.2. The number of hydrogen-bond acceptors (Lipinski definition) is 2. The largest absolute Gasteiger partial charge is 0.454 e. The molecule has 114 valence electrons. The van der Waals surface area contributed by atoms with Crippen LogP contribution in [0.5, 0.6) is 11.5 Å². The number of rotatable bonds is 1. The molecular formula is C19H17N2O2+. The van der Waals surface area contributed by atoms with Gasteiger partial charge in [0.25, 0.3) is 0 Å². The van der Waals surface area contributed by atoms with Gasteiger partial charge in [0.1, 0.15) is 6.54 Å². The molecule has 3 heterocycles. The van der Waals surface area contributed by atoms with Gasteiger partial charge in [-0.1, -0.05) is 18.2 Å². The molecule has 4 nitrogen and oxygen atoms in total. The number of para-hydroxylation sites is 1. The van der Waals surface area contributed by atoms with E-state index in [1.165, 1.54) is 22.5 Å². The van der Waals surface area contributed by atoms with E-state index in [4.69, 9.17) is 9.47 Å². The average molecular weight is 305 g/mol. The summed E-state index contributed by atoms with van der Waals surface area (Å²) in [5.74, 6) is 1.68. The first-order valence-corrected chi connectivity index (χ1v) is 7.88. The summed E-state index contributed by atoms with van der Waals surface area (Å²) in [5, 5.41) is 2.38. The minimum absolute atomic E-state index is 0.242. The highest BCUT2D eigenvalue weighted by Gasteiger charge is 2.27. The summed E-state index contributed by atoms with van der Waals surface area (Å²) in [4.78, 5) is 0. The second-order valence-electron chi connectivity index (χ2n) is 5.96. The van der Waals surface area contributed by atoms with Crippen molar-refractivity contribution in [3.8, 4) is 17.2 Å². The van der Waals surface area contributed by atoms with Crippen LogP contribution in [0.2, 0.25) is 0 Å². The molecule has 1 aromatic heterocycles. The van der Waals surface area contributed by atoms with Crippen LogP contribution in [0.1, 0.15) is 22.9 Å². The first kappa shape index (κ1) is 12.8. The predicted molar refractivity (Wildman–Crippen MR) is 85.8 cm³/mol. The maximum atomic E-state index is 5.55. The molecule has 23 heavy (non-hydrogen) atoms. The lowest BCUT2D eigenvalue weighted by Gasteiger charge is -2.15. The Hall–Kier alpha value is -2.72. The molecule has 0 unspecified atom stereocenters. The lowest BCUT2D eigenvalue weighted by molar-refractivity contribution is -0.702. The van der Waals surface area contributed by atoms with Crippen molar-refractivity contribution in [2.24, 2.45) is 0 Å². The van der Waals surface area contributed by atoms with Gasteiger partial charge in [-0.05, 0) is 36.4 Å². The van der Waals surface area contributed by atoms with Crippen LogP contribution in [-0.2, 0) is 6.54 Å². The number of fused-ring (bicyclic) bond motifs is 4. The monoisotopic (exact) mass is 305 g/mol. The van der Waals surface area contributed by atoms with Gasteiger partial charge in [-0.25, -0.2) is 0 Å². The molecule has 0 spiro atoms. The zero-order valence-corrected chi connectivity index (χ0v) is 12.6. The molecular weight excluding hydrogens is 288 g/mol. The van der Waals surface area contributed by atoms with Crippen molar-refractivity contribution < 1.29 is 14.8 Å². The molecule has 4 heteroatoms. The van der Waals surface area contributed by atoms with Crippen LogP contribution < -0.4 is 14.8 Å².